The molecule has 1 N–H and O–H groups in total. The average molecular weight is 327 g/mol. The lowest BCUT2D eigenvalue weighted by Gasteiger charge is -2.27. The molecule has 0 bridgehead atoms. The Balaban J connectivity index is 1.53. The number of amides is 1. The van der Waals surface area contributed by atoms with Crippen LogP contribution in [0.15, 0.2) is 24.3 Å². The Labute approximate surface area is 143 Å². The van der Waals surface area contributed by atoms with Gasteiger partial charge in [0.05, 0.1) is 17.0 Å². The monoisotopic (exact) mass is 327 g/mol. The Morgan fingerprint density at radius 2 is 1.75 bits per heavy atom. The second kappa shape index (κ2) is 5.97. The molecule has 5 nitrogen and oxygen atoms in total. The maximum atomic E-state index is 13.2. The van der Waals surface area contributed by atoms with Crippen LogP contribution in [0.1, 0.15) is 40.5 Å². The molecule has 2 atom stereocenters. The number of nitrogens with one attached hydrogen (secondary N) is 1. The summed E-state index contributed by atoms with van der Waals surface area (Å²) in [6.45, 7) is 7.90. The van der Waals surface area contributed by atoms with Crippen molar-refractivity contribution in [2.45, 2.75) is 25.8 Å². The number of ketones is 1. The van der Waals surface area contributed by atoms with Crippen molar-refractivity contribution in [2.75, 3.05) is 39.3 Å². The number of carbonyl (C=O) groups excluding carboxylic acids is 2. The average Bonchev–Trinajstić information content (AvgIpc) is 3.19. The van der Waals surface area contributed by atoms with Crippen LogP contribution >= 0.6 is 0 Å². The van der Waals surface area contributed by atoms with Gasteiger partial charge in [0, 0.05) is 31.7 Å². The van der Waals surface area contributed by atoms with Gasteiger partial charge in [0.2, 0.25) is 0 Å². The molecule has 128 valence electrons. The molecule has 0 aromatic heterocycles. The minimum Gasteiger partial charge on any atom is -0.347 e. The Morgan fingerprint density at radius 3 is 2.50 bits per heavy atom. The van der Waals surface area contributed by atoms with Crippen molar-refractivity contribution in [3.05, 3.63) is 35.4 Å². The summed E-state index contributed by atoms with van der Waals surface area (Å²) >= 11 is 0. The molecular weight excluding hydrogens is 302 g/mol. The number of rotatable bonds is 3. The van der Waals surface area contributed by atoms with Crippen LogP contribution in [0.25, 0.3) is 0 Å². The summed E-state index contributed by atoms with van der Waals surface area (Å²) < 4.78 is 0. The van der Waals surface area contributed by atoms with Gasteiger partial charge in [-0.05, 0) is 38.9 Å². The molecule has 0 saturated carbocycles. The molecule has 1 aromatic rings. The largest absolute Gasteiger partial charge is 0.347 e. The molecule has 1 amide bonds. The van der Waals surface area contributed by atoms with E-state index in [0.29, 0.717) is 11.1 Å². The Kier molecular flexibility index (Phi) is 3.93. The van der Waals surface area contributed by atoms with E-state index in [4.69, 9.17) is 0 Å². The lowest BCUT2D eigenvalue weighted by Crippen LogP contribution is -2.47. The van der Waals surface area contributed by atoms with E-state index in [1.165, 1.54) is 25.9 Å². The Bertz CT molecular complexity index is 668. The van der Waals surface area contributed by atoms with E-state index < -0.39 is 5.41 Å². The first-order valence-corrected chi connectivity index (χ1v) is 8.97. The predicted octanol–water partition coefficient (Wildman–Crippen LogP) is 1.40. The molecule has 3 aliphatic rings. The molecule has 0 spiro atoms. The second-order valence-electron chi connectivity index (χ2n) is 7.60. The number of Topliss-reactive ketones (excluding diaryl/α,β-unsaturated/α-hetero) is 1. The molecule has 2 saturated heterocycles. The van der Waals surface area contributed by atoms with Crippen molar-refractivity contribution in [3.8, 4) is 0 Å². The van der Waals surface area contributed by atoms with E-state index in [2.05, 4.69) is 15.1 Å². The number of benzene rings is 1. The Morgan fingerprint density at radius 1 is 1.08 bits per heavy atom. The van der Waals surface area contributed by atoms with Crippen LogP contribution in [-0.2, 0) is 0 Å². The van der Waals surface area contributed by atoms with E-state index in [1.807, 2.05) is 19.1 Å². The van der Waals surface area contributed by atoms with E-state index in [-0.39, 0.29) is 17.7 Å². The summed E-state index contributed by atoms with van der Waals surface area (Å²) in [6, 6.07) is 7.09. The van der Waals surface area contributed by atoms with Crippen molar-refractivity contribution in [1.82, 2.24) is 15.1 Å². The first-order valence-electron chi connectivity index (χ1n) is 8.97. The fourth-order valence-corrected chi connectivity index (χ4v) is 4.42. The minimum absolute atomic E-state index is 0.102. The van der Waals surface area contributed by atoms with Gasteiger partial charge in [-0.25, -0.2) is 0 Å². The summed E-state index contributed by atoms with van der Waals surface area (Å²) in [4.78, 5) is 30.5. The number of likely N-dealkylation sites (tertiary alicyclic amines) is 2. The smallest absolute Gasteiger partial charge is 0.252 e. The van der Waals surface area contributed by atoms with E-state index in [1.54, 1.807) is 12.1 Å². The van der Waals surface area contributed by atoms with Gasteiger partial charge in [-0.1, -0.05) is 18.2 Å². The molecule has 0 aliphatic carbocycles. The molecule has 3 heterocycles. The highest BCUT2D eigenvalue weighted by molar-refractivity contribution is 6.12. The summed E-state index contributed by atoms with van der Waals surface area (Å²) in [5.74, 6) is -0.0146. The molecule has 4 rings (SSSR count). The molecule has 3 aliphatic heterocycles. The van der Waals surface area contributed by atoms with Crippen LogP contribution in [0.3, 0.4) is 0 Å². The van der Waals surface area contributed by atoms with Gasteiger partial charge in [-0.15, -0.1) is 0 Å². The van der Waals surface area contributed by atoms with Crippen molar-refractivity contribution in [2.24, 2.45) is 5.41 Å². The lowest BCUT2D eigenvalue weighted by atomic mass is 9.78. The van der Waals surface area contributed by atoms with Crippen LogP contribution in [0.2, 0.25) is 0 Å². The SMILES string of the molecule is C[C@]12CN(CCN3CCCC3)C[C@H]1NC(=O)c1ccccc1C2=O. The van der Waals surface area contributed by atoms with Crippen molar-refractivity contribution >= 4 is 11.7 Å². The summed E-state index contributed by atoms with van der Waals surface area (Å²) in [5, 5.41) is 3.11. The van der Waals surface area contributed by atoms with Gasteiger partial charge in [-0.3, -0.25) is 14.5 Å². The minimum atomic E-state index is -0.534. The van der Waals surface area contributed by atoms with Gasteiger partial charge >= 0.3 is 0 Å². The zero-order valence-corrected chi connectivity index (χ0v) is 14.3. The number of hydrogen-bond donors (Lipinski definition) is 1. The van der Waals surface area contributed by atoms with E-state index >= 15 is 0 Å². The summed E-state index contributed by atoms with van der Waals surface area (Å²) in [6.07, 6.45) is 2.59. The summed E-state index contributed by atoms with van der Waals surface area (Å²) in [5.41, 5.74) is 0.552. The maximum absolute atomic E-state index is 13.2. The van der Waals surface area contributed by atoms with Gasteiger partial charge in [0.25, 0.3) is 5.91 Å². The molecule has 5 heteroatoms. The fourth-order valence-electron chi connectivity index (χ4n) is 4.42. The van der Waals surface area contributed by atoms with Gasteiger partial charge < -0.3 is 10.2 Å². The predicted molar refractivity (Wildman–Crippen MR) is 92.2 cm³/mol. The number of carbonyl (C=O) groups is 2. The van der Waals surface area contributed by atoms with Crippen LogP contribution < -0.4 is 5.32 Å². The van der Waals surface area contributed by atoms with Gasteiger partial charge in [0.15, 0.2) is 5.78 Å². The first-order chi connectivity index (χ1) is 11.6. The molecule has 1 aromatic carbocycles. The third-order valence-electron chi connectivity index (χ3n) is 5.93. The fraction of sp³-hybridized carbons (Fsp3) is 0.579. The number of fused-ring (bicyclic) bond motifs is 2. The normalized spacial score (nSPS) is 30.8. The highest BCUT2D eigenvalue weighted by atomic mass is 16.2. The standard InChI is InChI=1S/C19H25N3O2/c1-19-13-22(11-10-21-8-4-5-9-21)12-16(19)20-18(24)15-7-3-2-6-14(15)17(19)23/h2-3,6-7,16H,4-5,8-13H2,1H3,(H,20,24)/t16-,19+/m1/s1. The van der Waals surface area contributed by atoms with Crippen LogP contribution in [0.4, 0.5) is 0 Å². The zero-order valence-electron chi connectivity index (χ0n) is 14.3. The topological polar surface area (TPSA) is 52.6 Å². The third-order valence-corrected chi connectivity index (χ3v) is 5.93. The van der Waals surface area contributed by atoms with Crippen molar-refractivity contribution < 1.29 is 9.59 Å². The van der Waals surface area contributed by atoms with Crippen molar-refractivity contribution in [3.63, 3.8) is 0 Å². The molecule has 0 unspecified atom stereocenters. The molecule has 24 heavy (non-hydrogen) atoms. The highest BCUT2D eigenvalue weighted by Gasteiger charge is 2.51. The maximum Gasteiger partial charge on any atom is 0.252 e. The molecule has 2 fully saturated rings. The van der Waals surface area contributed by atoms with E-state index in [0.717, 1.165) is 26.2 Å². The van der Waals surface area contributed by atoms with Crippen LogP contribution in [0.5, 0.6) is 0 Å². The lowest BCUT2D eigenvalue weighted by molar-refractivity contribution is 0.0789. The number of hydrogen-bond acceptors (Lipinski definition) is 4. The first kappa shape index (κ1) is 15.8. The second-order valence-corrected chi connectivity index (χ2v) is 7.60. The highest BCUT2D eigenvalue weighted by Crippen LogP contribution is 2.37. The zero-order chi connectivity index (χ0) is 16.7. The molecule has 0 radical (unpaired) electrons. The van der Waals surface area contributed by atoms with Crippen LogP contribution in [-0.4, -0.2) is 66.8 Å². The quantitative estimate of drug-likeness (QED) is 0.912. The van der Waals surface area contributed by atoms with Crippen LogP contribution in [0, 0.1) is 5.41 Å². The molecular formula is C19H25N3O2. The van der Waals surface area contributed by atoms with Gasteiger partial charge in [-0.2, -0.15) is 0 Å². The van der Waals surface area contributed by atoms with Crippen molar-refractivity contribution in [1.29, 1.82) is 0 Å². The third kappa shape index (κ3) is 2.56. The Hall–Kier alpha value is -1.72. The van der Waals surface area contributed by atoms with Gasteiger partial charge in [0.1, 0.15) is 0 Å². The summed E-state index contributed by atoms with van der Waals surface area (Å²) in [7, 11) is 0. The van der Waals surface area contributed by atoms with E-state index in [9.17, 15) is 9.59 Å². The number of nitrogens with zero attached hydrogens (tertiary/aromatic N) is 2.